The molecule has 3 heterocycles. The van der Waals surface area contributed by atoms with E-state index in [1.165, 1.54) is 54.7 Å². The maximum atomic E-state index is 5.98. The zero-order chi connectivity index (χ0) is 13.7. The lowest BCUT2D eigenvalue weighted by molar-refractivity contribution is 0.431. The second-order valence-corrected chi connectivity index (χ2v) is 5.88. The van der Waals surface area contributed by atoms with Gasteiger partial charge in [-0.3, -0.25) is 0 Å². The van der Waals surface area contributed by atoms with Gasteiger partial charge in [0, 0.05) is 36.4 Å². The molecule has 3 aliphatic rings. The summed E-state index contributed by atoms with van der Waals surface area (Å²) in [5.41, 5.74) is 12.5. The summed E-state index contributed by atoms with van der Waals surface area (Å²) < 4.78 is 5.98. The van der Waals surface area contributed by atoms with E-state index in [2.05, 4.69) is 17.5 Å². The molecule has 0 amide bonds. The highest BCUT2D eigenvalue weighted by Crippen LogP contribution is 2.46. The second-order valence-electron chi connectivity index (χ2n) is 5.88. The van der Waals surface area contributed by atoms with Crippen LogP contribution in [0.4, 0.5) is 5.69 Å². The molecule has 0 aliphatic carbocycles. The van der Waals surface area contributed by atoms with Crippen LogP contribution in [-0.4, -0.2) is 19.6 Å². The number of benzene rings is 1. The Morgan fingerprint density at radius 2 is 2.05 bits per heavy atom. The summed E-state index contributed by atoms with van der Waals surface area (Å²) in [5.74, 6) is 1.73. The van der Waals surface area contributed by atoms with Gasteiger partial charge in [0.1, 0.15) is 11.5 Å². The Labute approximate surface area is 119 Å². The van der Waals surface area contributed by atoms with E-state index in [9.17, 15) is 0 Å². The molecule has 3 aliphatic heterocycles. The van der Waals surface area contributed by atoms with Crippen LogP contribution < -0.4 is 15.4 Å². The van der Waals surface area contributed by atoms with E-state index in [0.717, 1.165) is 17.7 Å². The Morgan fingerprint density at radius 3 is 2.85 bits per heavy atom. The van der Waals surface area contributed by atoms with E-state index < -0.39 is 0 Å². The van der Waals surface area contributed by atoms with Gasteiger partial charge < -0.3 is 15.4 Å². The number of ether oxygens (including phenoxy) is 1. The Hall–Kier alpha value is -1.74. The molecule has 1 aromatic carbocycles. The van der Waals surface area contributed by atoms with Crippen molar-refractivity contribution in [3.8, 4) is 5.75 Å². The maximum Gasteiger partial charge on any atom is 0.140 e. The summed E-state index contributed by atoms with van der Waals surface area (Å²) in [6.45, 7) is 6.87. The first-order valence-electron chi connectivity index (χ1n) is 7.49. The van der Waals surface area contributed by atoms with Crippen molar-refractivity contribution < 1.29 is 4.74 Å². The smallest absolute Gasteiger partial charge is 0.140 e. The Morgan fingerprint density at radius 1 is 1.25 bits per heavy atom. The standard InChI is InChI=1S/C17H20N2O/c1-11-8-13(10-18)15-9-12-4-2-6-19-7-3-5-14(16(12)19)17(15)20-11/h8-9H,1-7,10,18H2. The lowest BCUT2D eigenvalue weighted by Crippen LogP contribution is -2.35. The first-order chi connectivity index (χ1) is 9.78. The van der Waals surface area contributed by atoms with Gasteiger partial charge in [0.15, 0.2) is 0 Å². The van der Waals surface area contributed by atoms with Crippen LogP contribution in [0.2, 0.25) is 0 Å². The van der Waals surface area contributed by atoms with Crippen LogP contribution in [0.25, 0.3) is 5.57 Å². The van der Waals surface area contributed by atoms with E-state index >= 15 is 0 Å². The highest BCUT2D eigenvalue weighted by molar-refractivity contribution is 5.82. The van der Waals surface area contributed by atoms with Crippen LogP contribution in [0.15, 0.2) is 24.5 Å². The van der Waals surface area contributed by atoms with E-state index in [4.69, 9.17) is 10.5 Å². The molecule has 20 heavy (non-hydrogen) atoms. The summed E-state index contributed by atoms with van der Waals surface area (Å²) in [6, 6.07) is 2.30. The molecule has 2 N–H and O–H groups in total. The van der Waals surface area contributed by atoms with E-state index in [1.54, 1.807) is 0 Å². The van der Waals surface area contributed by atoms with Crippen molar-refractivity contribution in [3.05, 3.63) is 41.2 Å². The van der Waals surface area contributed by atoms with Crippen molar-refractivity contribution in [1.82, 2.24) is 0 Å². The molecule has 4 rings (SSSR count). The number of hydrogen-bond acceptors (Lipinski definition) is 3. The minimum absolute atomic E-state index is 0.539. The number of nitrogens with two attached hydrogens (primary N) is 1. The quantitative estimate of drug-likeness (QED) is 0.851. The number of rotatable bonds is 1. The van der Waals surface area contributed by atoms with Crippen LogP contribution >= 0.6 is 0 Å². The van der Waals surface area contributed by atoms with E-state index in [0.29, 0.717) is 12.3 Å². The van der Waals surface area contributed by atoms with Crippen molar-refractivity contribution >= 4 is 11.3 Å². The van der Waals surface area contributed by atoms with Crippen LogP contribution in [0.5, 0.6) is 5.75 Å². The Kier molecular flexibility index (Phi) is 2.64. The molecule has 0 unspecified atom stereocenters. The number of hydrogen-bond donors (Lipinski definition) is 1. The minimum atomic E-state index is 0.539. The number of fused-ring (bicyclic) bond motifs is 2. The normalized spacial score (nSPS) is 19.9. The SMILES string of the molecule is C=C1C=C(CN)c2cc3c4c(c2O1)CCCN4CCC3. The van der Waals surface area contributed by atoms with Crippen molar-refractivity contribution in [2.75, 3.05) is 24.5 Å². The van der Waals surface area contributed by atoms with Crippen LogP contribution in [-0.2, 0) is 12.8 Å². The molecule has 3 heteroatoms. The third-order valence-corrected chi connectivity index (χ3v) is 4.61. The molecule has 104 valence electrons. The predicted molar refractivity (Wildman–Crippen MR) is 82.1 cm³/mol. The number of allylic oxidation sites excluding steroid dienone is 1. The summed E-state index contributed by atoms with van der Waals surface area (Å²) >= 11 is 0. The van der Waals surface area contributed by atoms with Gasteiger partial charge in [-0.05, 0) is 49.0 Å². The molecule has 0 aromatic heterocycles. The van der Waals surface area contributed by atoms with Crippen molar-refractivity contribution in [2.24, 2.45) is 5.73 Å². The molecular weight excluding hydrogens is 248 g/mol. The average Bonchev–Trinajstić information content (AvgIpc) is 2.48. The van der Waals surface area contributed by atoms with Gasteiger partial charge in [-0.25, -0.2) is 0 Å². The summed E-state index contributed by atoms with van der Waals surface area (Å²) in [4.78, 5) is 2.53. The van der Waals surface area contributed by atoms with Gasteiger partial charge in [0.25, 0.3) is 0 Å². The fourth-order valence-corrected chi connectivity index (χ4v) is 3.79. The van der Waals surface area contributed by atoms with Crippen molar-refractivity contribution in [3.63, 3.8) is 0 Å². The van der Waals surface area contributed by atoms with Gasteiger partial charge in [-0.15, -0.1) is 0 Å². The van der Waals surface area contributed by atoms with Gasteiger partial charge in [-0.2, -0.15) is 0 Å². The summed E-state index contributed by atoms with van der Waals surface area (Å²) in [6.07, 6.45) is 6.71. The zero-order valence-electron chi connectivity index (χ0n) is 11.7. The molecule has 0 saturated heterocycles. The molecular formula is C17H20N2O. The zero-order valence-corrected chi connectivity index (χ0v) is 11.7. The molecule has 1 aromatic rings. The third-order valence-electron chi connectivity index (χ3n) is 4.61. The fourth-order valence-electron chi connectivity index (χ4n) is 3.79. The average molecular weight is 268 g/mol. The minimum Gasteiger partial charge on any atom is -0.457 e. The molecule has 0 spiro atoms. The first-order valence-corrected chi connectivity index (χ1v) is 7.49. The monoisotopic (exact) mass is 268 g/mol. The van der Waals surface area contributed by atoms with Gasteiger partial charge >= 0.3 is 0 Å². The predicted octanol–water partition coefficient (Wildman–Crippen LogP) is 2.63. The topological polar surface area (TPSA) is 38.5 Å². The highest BCUT2D eigenvalue weighted by atomic mass is 16.5. The number of anilines is 1. The van der Waals surface area contributed by atoms with Crippen molar-refractivity contribution in [1.29, 1.82) is 0 Å². The lowest BCUT2D eigenvalue weighted by atomic mass is 9.86. The highest BCUT2D eigenvalue weighted by Gasteiger charge is 2.30. The van der Waals surface area contributed by atoms with Crippen LogP contribution in [0.1, 0.15) is 29.5 Å². The largest absolute Gasteiger partial charge is 0.457 e. The fraction of sp³-hybridized carbons (Fsp3) is 0.412. The van der Waals surface area contributed by atoms with Gasteiger partial charge in [0.2, 0.25) is 0 Å². The second kappa shape index (κ2) is 4.38. The molecule has 0 bridgehead atoms. The molecule has 3 nitrogen and oxygen atoms in total. The summed E-state index contributed by atoms with van der Waals surface area (Å²) in [5, 5.41) is 0. The van der Waals surface area contributed by atoms with Crippen molar-refractivity contribution in [2.45, 2.75) is 25.7 Å². The van der Waals surface area contributed by atoms with Gasteiger partial charge in [-0.1, -0.05) is 6.58 Å². The van der Waals surface area contributed by atoms with Crippen LogP contribution in [0, 0.1) is 0 Å². The number of nitrogens with zero attached hydrogens (tertiary/aromatic N) is 1. The Bertz CT molecular complexity index is 628. The lowest BCUT2D eigenvalue weighted by Gasteiger charge is -2.39. The molecule has 0 atom stereocenters. The van der Waals surface area contributed by atoms with E-state index in [-0.39, 0.29) is 0 Å². The molecule has 0 saturated carbocycles. The maximum absolute atomic E-state index is 5.98. The number of aryl methyl sites for hydroxylation is 1. The first kappa shape index (κ1) is 12.0. The van der Waals surface area contributed by atoms with E-state index in [1.807, 2.05) is 6.08 Å². The third kappa shape index (κ3) is 1.63. The Balaban J connectivity index is 1.98. The van der Waals surface area contributed by atoms with Crippen LogP contribution in [0.3, 0.4) is 0 Å². The summed E-state index contributed by atoms with van der Waals surface area (Å²) in [7, 11) is 0. The van der Waals surface area contributed by atoms with Gasteiger partial charge in [0.05, 0.1) is 0 Å². The molecule has 0 radical (unpaired) electrons. The molecule has 0 fully saturated rings.